The molecule has 20 heavy (non-hydrogen) atoms. The molecule has 0 amide bonds. The van der Waals surface area contributed by atoms with Crippen LogP contribution in [0.2, 0.25) is 0 Å². The van der Waals surface area contributed by atoms with Gasteiger partial charge in [-0.2, -0.15) is 0 Å². The molecule has 0 fully saturated rings. The van der Waals surface area contributed by atoms with E-state index in [2.05, 4.69) is 65.1 Å². The number of thiazole rings is 1. The van der Waals surface area contributed by atoms with E-state index >= 15 is 0 Å². The van der Waals surface area contributed by atoms with E-state index in [0.29, 0.717) is 6.04 Å². The third kappa shape index (κ3) is 3.28. The van der Waals surface area contributed by atoms with Gasteiger partial charge in [-0.3, -0.25) is 0 Å². The zero-order chi connectivity index (χ0) is 14.9. The fourth-order valence-corrected chi connectivity index (χ4v) is 3.40. The van der Waals surface area contributed by atoms with Crippen molar-refractivity contribution in [1.29, 1.82) is 0 Å². The van der Waals surface area contributed by atoms with Crippen LogP contribution < -0.4 is 5.32 Å². The third-order valence-electron chi connectivity index (χ3n) is 3.53. The van der Waals surface area contributed by atoms with Gasteiger partial charge in [0.1, 0.15) is 5.01 Å². The van der Waals surface area contributed by atoms with E-state index in [1.165, 1.54) is 26.6 Å². The van der Waals surface area contributed by atoms with Gasteiger partial charge in [-0.1, -0.05) is 23.8 Å². The molecule has 108 valence electrons. The Balaban J connectivity index is 2.46. The average molecular weight is 288 g/mol. The molecule has 1 atom stereocenters. The second-order valence-electron chi connectivity index (χ2n) is 5.81. The first-order chi connectivity index (χ1) is 9.38. The topological polar surface area (TPSA) is 24.9 Å². The number of hydrogen-bond acceptors (Lipinski definition) is 3. The maximum atomic E-state index is 4.76. The lowest BCUT2D eigenvalue weighted by atomic mass is 9.99. The molecule has 0 aliphatic carbocycles. The molecule has 1 aromatic heterocycles. The molecule has 2 nitrogen and oxygen atoms in total. The first kappa shape index (κ1) is 15.2. The highest BCUT2D eigenvalue weighted by Gasteiger charge is 2.21. The lowest BCUT2D eigenvalue weighted by Crippen LogP contribution is -2.29. The molecule has 0 aliphatic heterocycles. The Morgan fingerprint density at radius 2 is 1.80 bits per heavy atom. The Bertz CT molecular complexity index is 580. The summed E-state index contributed by atoms with van der Waals surface area (Å²) in [5.74, 6) is 0. The minimum atomic E-state index is 0.188. The van der Waals surface area contributed by atoms with E-state index in [9.17, 15) is 0 Å². The van der Waals surface area contributed by atoms with Crippen LogP contribution in [0, 0.1) is 27.7 Å². The van der Waals surface area contributed by atoms with Crippen LogP contribution >= 0.6 is 11.3 Å². The Morgan fingerprint density at radius 3 is 2.30 bits per heavy atom. The summed E-state index contributed by atoms with van der Waals surface area (Å²) >= 11 is 1.80. The van der Waals surface area contributed by atoms with E-state index in [1.807, 2.05) is 0 Å². The molecule has 0 saturated carbocycles. The molecule has 3 heteroatoms. The highest BCUT2D eigenvalue weighted by Crippen LogP contribution is 2.30. The van der Waals surface area contributed by atoms with Gasteiger partial charge in [-0.15, -0.1) is 11.3 Å². The number of hydrogen-bond donors (Lipinski definition) is 1. The number of nitrogens with zero attached hydrogens (tertiary/aromatic N) is 1. The first-order valence-corrected chi connectivity index (χ1v) is 7.97. The Morgan fingerprint density at radius 1 is 1.10 bits per heavy atom. The van der Waals surface area contributed by atoms with E-state index < -0.39 is 0 Å². The molecule has 0 bridgehead atoms. The Kier molecular flexibility index (Phi) is 4.61. The van der Waals surface area contributed by atoms with Crippen molar-refractivity contribution in [1.82, 2.24) is 10.3 Å². The van der Waals surface area contributed by atoms with Crippen molar-refractivity contribution in [3.8, 4) is 0 Å². The summed E-state index contributed by atoms with van der Waals surface area (Å²) in [6.45, 7) is 12.9. The Labute approximate surface area is 126 Å². The van der Waals surface area contributed by atoms with Crippen molar-refractivity contribution in [3.63, 3.8) is 0 Å². The summed E-state index contributed by atoms with van der Waals surface area (Å²) in [6, 6.07) is 7.28. The molecule has 1 unspecified atom stereocenters. The molecule has 1 N–H and O–H groups in total. The molecule has 0 spiro atoms. The maximum Gasteiger partial charge on any atom is 0.115 e. The minimum Gasteiger partial charge on any atom is -0.302 e. The van der Waals surface area contributed by atoms with Gasteiger partial charge in [0, 0.05) is 10.9 Å². The SMILES string of the molecule is Cc1ccc(C(NC(C)C)c2nc(C)c(C)s2)c(C)c1. The predicted molar refractivity (Wildman–Crippen MR) is 87.6 cm³/mol. The first-order valence-electron chi connectivity index (χ1n) is 7.15. The second kappa shape index (κ2) is 6.06. The Hall–Kier alpha value is -1.19. The van der Waals surface area contributed by atoms with E-state index in [1.54, 1.807) is 11.3 Å². The van der Waals surface area contributed by atoms with Gasteiger partial charge in [-0.25, -0.2) is 4.98 Å². The highest BCUT2D eigenvalue weighted by molar-refractivity contribution is 7.11. The standard InChI is InChI=1S/C17H24N2S/c1-10(2)18-16(17-19-13(5)14(6)20-17)15-8-7-11(3)9-12(15)4/h7-10,16,18H,1-6H3. The monoisotopic (exact) mass is 288 g/mol. The second-order valence-corrected chi connectivity index (χ2v) is 7.04. The molecule has 0 radical (unpaired) electrons. The molecule has 1 aromatic carbocycles. The van der Waals surface area contributed by atoms with Crippen LogP contribution in [0.1, 0.15) is 52.2 Å². The number of aryl methyl sites for hydroxylation is 4. The molecular formula is C17H24N2S. The normalized spacial score (nSPS) is 12.9. The summed E-state index contributed by atoms with van der Waals surface area (Å²) < 4.78 is 0. The molecular weight excluding hydrogens is 264 g/mol. The molecule has 1 heterocycles. The predicted octanol–water partition coefficient (Wildman–Crippen LogP) is 4.46. The van der Waals surface area contributed by atoms with Crippen LogP contribution in [0.5, 0.6) is 0 Å². The largest absolute Gasteiger partial charge is 0.302 e. The van der Waals surface area contributed by atoms with Gasteiger partial charge in [0.15, 0.2) is 0 Å². The minimum absolute atomic E-state index is 0.188. The number of nitrogens with one attached hydrogen (secondary N) is 1. The molecule has 2 aromatic rings. The smallest absolute Gasteiger partial charge is 0.115 e. The van der Waals surface area contributed by atoms with Crippen LogP contribution in [0.15, 0.2) is 18.2 Å². The summed E-state index contributed by atoms with van der Waals surface area (Å²) in [7, 11) is 0. The molecule has 2 rings (SSSR count). The van der Waals surface area contributed by atoms with Crippen molar-refractivity contribution in [3.05, 3.63) is 50.5 Å². The van der Waals surface area contributed by atoms with Crippen LogP contribution in [-0.4, -0.2) is 11.0 Å². The fourth-order valence-electron chi connectivity index (χ4n) is 2.40. The summed E-state index contributed by atoms with van der Waals surface area (Å²) in [5.41, 5.74) is 5.11. The van der Waals surface area contributed by atoms with Gasteiger partial charge in [0.2, 0.25) is 0 Å². The van der Waals surface area contributed by atoms with Crippen LogP contribution in [0.25, 0.3) is 0 Å². The van der Waals surface area contributed by atoms with Crippen LogP contribution in [0.3, 0.4) is 0 Å². The third-order valence-corrected chi connectivity index (χ3v) is 4.67. The van der Waals surface area contributed by atoms with Crippen molar-refractivity contribution in [2.24, 2.45) is 0 Å². The number of aromatic nitrogens is 1. The quantitative estimate of drug-likeness (QED) is 0.898. The molecule has 0 aliphatic rings. The number of benzene rings is 1. The van der Waals surface area contributed by atoms with Crippen LogP contribution in [-0.2, 0) is 0 Å². The van der Waals surface area contributed by atoms with E-state index in [0.717, 1.165) is 5.69 Å². The highest BCUT2D eigenvalue weighted by atomic mass is 32.1. The van der Waals surface area contributed by atoms with Crippen molar-refractivity contribution < 1.29 is 0 Å². The van der Waals surface area contributed by atoms with Gasteiger partial charge in [0.25, 0.3) is 0 Å². The zero-order valence-corrected chi connectivity index (χ0v) is 14.1. The summed E-state index contributed by atoms with van der Waals surface area (Å²) in [6.07, 6.45) is 0. The lowest BCUT2D eigenvalue weighted by Gasteiger charge is -2.22. The van der Waals surface area contributed by atoms with Gasteiger partial charge >= 0.3 is 0 Å². The lowest BCUT2D eigenvalue weighted by molar-refractivity contribution is 0.525. The average Bonchev–Trinajstić information content (AvgIpc) is 2.67. The summed E-state index contributed by atoms with van der Waals surface area (Å²) in [5, 5.41) is 4.83. The van der Waals surface area contributed by atoms with Crippen molar-refractivity contribution >= 4 is 11.3 Å². The van der Waals surface area contributed by atoms with Crippen molar-refractivity contribution in [2.75, 3.05) is 0 Å². The van der Waals surface area contributed by atoms with E-state index in [4.69, 9.17) is 4.98 Å². The van der Waals surface area contributed by atoms with Gasteiger partial charge < -0.3 is 5.32 Å². The number of rotatable bonds is 4. The van der Waals surface area contributed by atoms with Crippen LogP contribution in [0.4, 0.5) is 0 Å². The van der Waals surface area contributed by atoms with Crippen molar-refractivity contribution in [2.45, 2.75) is 53.6 Å². The zero-order valence-electron chi connectivity index (χ0n) is 13.2. The van der Waals surface area contributed by atoms with E-state index in [-0.39, 0.29) is 6.04 Å². The van der Waals surface area contributed by atoms with Gasteiger partial charge in [-0.05, 0) is 52.7 Å². The fraction of sp³-hybridized carbons (Fsp3) is 0.471. The maximum absolute atomic E-state index is 4.76. The van der Waals surface area contributed by atoms with Gasteiger partial charge in [0.05, 0.1) is 11.7 Å². The molecule has 0 saturated heterocycles. The summed E-state index contributed by atoms with van der Waals surface area (Å²) in [4.78, 5) is 6.07.